The zero-order chi connectivity index (χ0) is 51.6. The van der Waals surface area contributed by atoms with Crippen molar-refractivity contribution in [2.75, 3.05) is 33.0 Å². The van der Waals surface area contributed by atoms with Crippen molar-refractivity contribution < 1.29 is 69.0 Å². The maximum absolute atomic E-state index is 13.0. The first-order valence-corrected chi connectivity index (χ1v) is 29.6. The van der Waals surface area contributed by atoms with Gasteiger partial charge in [0.2, 0.25) is 0 Å². The minimum absolute atomic E-state index is 0.0707. The molecule has 0 aromatic carbocycles. The molecule has 0 radical (unpaired) electrons. The second-order valence-electron chi connectivity index (χ2n) is 21.2. The molecule has 2 rings (SSSR count). The maximum atomic E-state index is 13.0. The van der Waals surface area contributed by atoms with Gasteiger partial charge in [0.05, 0.1) is 26.4 Å². The maximum Gasteiger partial charge on any atom is 0.306 e. The molecule has 2 aliphatic heterocycles. The van der Waals surface area contributed by atoms with Gasteiger partial charge in [-0.25, -0.2) is 0 Å². The van der Waals surface area contributed by atoms with Gasteiger partial charge in [0.15, 0.2) is 12.6 Å². The molecule has 0 amide bonds. The number of aliphatic hydroxyl groups excluding tert-OH is 7. The molecule has 11 unspecified atom stereocenters. The number of unbranched alkanes of at least 4 members (excludes halogenated alkanes) is 35. The number of hydrogen-bond acceptors (Lipinski definition) is 14. The molecule has 14 nitrogen and oxygen atoms in total. The molecule has 0 aromatic rings. The smallest absolute Gasteiger partial charge is 0.306 e. The molecule has 2 saturated heterocycles. The van der Waals surface area contributed by atoms with Crippen LogP contribution in [0.1, 0.15) is 258 Å². The molecule has 11 atom stereocenters. The summed E-state index contributed by atoms with van der Waals surface area (Å²) in [6.45, 7) is 3.75. The normalized spacial score (nSPS) is 25.2. The highest BCUT2D eigenvalue weighted by Crippen LogP contribution is 2.27. The van der Waals surface area contributed by atoms with E-state index in [0.29, 0.717) is 13.0 Å². The van der Waals surface area contributed by atoms with E-state index in [9.17, 15) is 40.5 Å². The summed E-state index contributed by atoms with van der Waals surface area (Å²) in [5.41, 5.74) is 0. The van der Waals surface area contributed by atoms with Gasteiger partial charge in [0.25, 0.3) is 0 Å². The molecule has 0 spiro atoms. The fraction of sp³-hybridized carbons (Fsp3) is 0.982. The minimum Gasteiger partial charge on any atom is -0.457 e. The van der Waals surface area contributed by atoms with E-state index in [1.807, 2.05) is 0 Å². The van der Waals surface area contributed by atoms with Gasteiger partial charge < -0.3 is 64.2 Å². The van der Waals surface area contributed by atoms with Crippen molar-refractivity contribution in [3.05, 3.63) is 0 Å². The van der Waals surface area contributed by atoms with Crippen molar-refractivity contribution in [1.29, 1.82) is 0 Å². The summed E-state index contributed by atoms with van der Waals surface area (Å²) in [5, 5.41) is 72.2. The van der Waals surface area contributed by atoms with Crippen LogP contribution in [0.2, 0.25) is 0 Å². The first-order valence-electron chi connectivity index (χ1n) is 29.6. The monoisotopic (exact) mass is 1020 g/mol. The third-order valence-corrected chi connectivity index (χ3v) is 14.6. The highest BCUT2D eigenvalue weighted by molar-refractivity contribution is 5.69. The molecule has 0 saturated carbocycles. The predicted molar refractivity (Wildman–Crippen MR) is 280 cm³/mol. The topological polar surface area (TPSA) is 214 Å². The van der Waals surface area contributed by atoms with Crippen LogP contribution in [-0.4, -0.2) is 142 Å². The second kappa shape index (κ2) is 45.2. The zero-order valence-corrected chi connectivity index (χ0v) is 45.2. The van der Waals surface area contributed by atoms with Crippen molar-refractivity contribution in [3.63, 3.8) is 0 Å². The van der Waals surface area contributed by atoms with E-state index in [2.05, 4.69) is 13.8 Å². The number of aliphatic hydroxyl groups is 7. The molecule has 0 bridgehead atoms. The molecule has 2 fully saturated rings. The summed E-state index contributed by atoms with van der Waals surface area (Å²) in [6, 6.07) is 0. The summed E-state index contributed by atoms with van der Waals surface area (Å²) in [6.07, 6.45) is 31.8. The third kappa shape index (κ3) is 32.2. The van der Waals surface area contributed by atoms with Gasteiger partial charge in [-0.15, -0.1) is 0 Å². The van der Waals surface area contributed by atoms with Crippen molar-refractivity contribution in [1.82, 2.24) is 0 Å². The first-order chi connectivity index (χ1) is 34.6. The molecule has 14 heteroatoms. The minimum atomic E-state index is -1.70. The van der Waals surface area contributed by atoms with E-state index in [4.69, 9.17) is 28.4 Å². The summed E-state index contributed by atoms with van der Waals surface area (Å²) in [4.78, 5) is 13.0. The number of carbonyl (C=O) groups excluding carboxylic acids is 1. The van der Waals surface area contributed by atoms with Crippen LogP contribution in [0.25, 0.3) is 0 Å². The Morgan fingerprint density at radius 3 is 1.14 bits per heavy atom. The summed E-state index contributed by atoms with van der Waals surface area (Å²) in [7, 11) is 0. The van der Waals surface area contributed by atoms with Gasteiger partial charge in [0.1, 0.15) is 54.9 Å². The van der Waals surface area contributed by atoms with Gasteiger partial charge in [-0.2, -0.15) is 0 Å². The average molecular weight is 1020 g/mol. The van der Waals surface area contributed by atoms with Crippen LogP contribution in [0.5, 0.6) is 0 Å². The summed E-state index contributed by atoms with van der Waals surface area (Å²) < 4.78 is 34.4. The second-order valence-corrected chi connectivity index (χ2v) is 21.2. The van der Waals surface area contributed by atoms with Crippen molar-refractivity contribution in [2.24, 2.45) is 0 Å². The molecule has 422 valence electrons. The Labute approximate surface area is 432 Å². The molecule has 2 aliphatic rings. The van der Waals surface area contributed by atoms with Gasteiger partial charge in [-0.3, -0.25) is 4.79 Å². The summed E-state index contributed by atoms with van der Waals surface area (Å²) >= 11 is 0. The average Bonchev–Trinajstić information content (AvgIpc) is 3.37. The Kier molecular flexibility index (Phi) is 42.1. The SMILES string of the molecule is CCCCCCCCCCCCCCCCCCCCCCCCCCCOCC(COC1OC(COC2OC(CO)C(O)C(O)C2O)C(O)C(O)C1O)OC(=O)CCCCCCCCCCCCCC. The van der Waals surface area contributed by atoms with Gasteiger partial charge in [0, 0.05) is 13.0 Å². The number of hydrogen-bond donors (Lipinski definition) is 7. The largest absolute Gasteiger partial charge is 0.457 e. The van der Waals surface area contributed by atoms with Crippen LogP contribution < -0.4 is 0 Å². The van der Waals surface area contributed by atoms with E-state index in [0.717, 1.165) is 38.5 Å². The molecular weight excluding hydrogens is 909 g/mol. The van der Waals surface area contributed by atoms with Crippen LogP contribution in [-0.2, 0) is 33.2 Å². The molecule has 0 aromatic heterocycles. The fourth-order valence-corrected chi connectivity index (χ4v) is 9.82. The highest BCUT2D eigenvalue weighted by atomic mass is 16.7. The standard InChI is InChI=1S/C57H110O14/c1-3-5-7-9-11-13-15-17-18-19-20-21-22-23-24-25-26-27-28-29-31-33-35-37-39-41-66-43-46(69-49(59)40-38-36-34-32-30-16-14-12-10-8-6-4-2)44-67-56-55(65)53(63)51(61)48(71-56)45-68-57-54(64)52(62)50(60)47(42-58)70-57/h46-48,50-58,60-65H,3-45H2,1-2H3. The first kappa shape index (κ1) is 66.1. The highest BCUT2D eigenvalue weighted by Gasteiger charge is 2.47. The number of rotatable bonds is 49. The number of ether oxygens (including phenoxy) is 6. The van der Waals surface area contributed by atoms with Crippen LogP contribution in [0, 0.1) is 0 Å². The number of carbonyl (C=O) groups is 1. The van der Waals surface area contributed by atoms with Crippen molar-refractivity contribution in [2.45, 2.75) is 325 Å². The molecule has 2 heterocycles. The Bertz CT molecular complexity index is 1180. The Balaban J connectivity index is 1.65. The predicted octanol–water partition coefficient (Wildman–Crippen LogP) is 10.4. The van der Waals surface area contributed by atoms with Crippen LogP contribution in [0.4, 0.5) is 0 Å². The Morgan fingerprint density at radius 1 is 0.408 bits per heavy atom. The van der Waals surface area contributed by atoms with E-state index < -0.39 is 80.7 Å². The lowest BCUT2D eigenvalue weighted by atomic mass is 9.98. The van der Waals surface area contributed by atoms with E-state index >= 15 is 0 Å². The lowest BCUT2D eigenvalue weighted by Gasteiger charge is -2.42. The zero-order valence-electron chi connectivity index (χ0n) is 45.2. The third-order valence-electron chi connectivity index (χ3n) is 14.6. The molecule has 71 heavy (non-hydrogen) atoms. The Morgan fingerprint density at radius 2 is 0.746 bits per heavy atom. The van der Waals surface area contributed by atoms with Crippen molar-refractivity contribution in [3.8, 4) is 0 Å². The van der Waals surface area contributed by atoms with Crippen LogP contribution >= 0.6 is 0 Å². The molecule has 0 aliphatic carbocycles. The lowest BCUT2D eigenvalue weighted by molar-refractivity contribution is -0.332. The molecular formula is C57H110O14. The van der Waals surface area contributed by atoms with Gasteiger partial charge in [-0.1, -0.05) is 239 Å². The molecule has 7 N–H and O–H groups in total. The lowest BCUT2D eigenvalue weighted by Crippen LogP contribution is -2.61. The van der Waals surface area contributed by atoms with Gasteiger partial charge in [-0.05, 0) is 12.8 Å². The van der Waals surface area contributed by atoms with Crippen LogP contribution in [0.15, 0.2) is 0 Å². The van der Waals surface area contributed by atoms with Gasteiger partial charge >= 0.3 is 5.97 Å². The van der Waals surface area contributed by atoms with Crippen LogP contribution in [0.3, 0.4) is 0 Å². The van der Waals surface area contributed by atoms with Crippen molar-refractivity contribution >= 4 is 5.97 Å². The quantitative estimate of drug-likeness (QED) is 0.0223. The van der Waals surface area contributed by atoms with E-state index in [-0.39, 0.29) is 25.6 Å². The fourth-order valence-electron chi connectivity index (χ4n) is 9.82. The van der Waals surface area contributed by atoms with E-state index in [1.165, 1.54) is 193 Å². The Hall–Kier alpha value is -1.01. The van der Waals surface area contributed by atoms with E-state index in [1.54, 1.807) is 0 Å². The number of esters is 1. The summed E-state index contributed by atoms with van der Waals surface area (Å²) in [5.74, 6) is -0.370.